The quantitative estimate of drug-likeness (QED) is 0.557. The van der Waals surface area contributed by atoms with E-state index >= 15 is 0 Å². The van der Waals surface area contributed by atoms with Gasteiger partial charge in [0.1, 0.15) is 6.10 Å². The van der Waals surface area contributed by atoms with Gasteiger partial charge < -0.3 is 9.47 Å². The minimum absolute atomic E-state index is 0.0180. The van der Waals surface area contributed by atoms with Crippen molar-refractivity contribution in [3.8, 4) is 5.75 Å². The lowest BCUT2D eigenvalue weighted by atomic mass is 10.1. The summed E-state index contributed by atoms with van der Waals surface area (Å²) in [5.74, 6) is -1.76. The molecule has 0 aliphatic carbocycles. The molecule has 0 spiro atoms. The summed E-state index contributed by atoms with van der Waals surface area (Å²) >= 11 is 5.75. The number of ether oxygens (including phenoxy) is 2. The number of hydrogen-bond acceptors (Lipinski definition) is 4. The monoisotopic (exact) mass is 330 g/mol. The standard InChI is InChI=1S/C16H20ClFO4/c1-10(2)11(3)21-14(19)8-5-9-15(20)22-16-12(17)6-4-7-13(16)18/h4,6-7,10-11H,5,8-9H2,1-3H3. The highest BCUT2D eigenvalue weighted by Crippen LogP contribution is 2.27. The predicted molar refractivity (Wildman–Crippen MR) is 81.3 cm³/mol. The van der Waals surface area contributed by atoms with Crippen LogP contribution in [0.25, 0.3) is 0 Å². The first-order valence-corrected chi connectivity index (χ1v) is 7.53. The molecule has 1 aromatic rings. The van der Waals surface area contributed by atoms with E-state index in [2.05, 4.69) is 0 Å². The summed E-state index contributed by atoms with van der Waals surface area (Å²) in [7, 11) is 0. The number of carbonyl (C=O) groups is 2. The lowest BCUT2D eigenvalue weighted by molar-refractivity contribution is -0.150. The van der Waals surface area contributed by atoms with Crippen LogP contribution in [0.5, 0.6) is 5.75 Å². The molecule has 0 saturated carbocycles. The van der Waals surface area contributed by atoms with Gasteiger partial charge in [0.25, 0.3) is 0 Å². The van der Waals surface area contributed by atoms with Crippen molar-refractivity contribution in [3.63, 3.8) is 0 Å². The zero-order valence-corrected chi connectivity index (χ0v) is 13.7. The van der Waals surface area contributed by atoms with Crippen LogP contribution >= 0.6 is 11.6 Å². The van der Waals surface area contributed by atoms with Crippen LogP contribution in [0.15, 0.2) is 18.2 Å². The summed E-state index contributed by atoms with van der Waals surface area (Å²) in [4.78, 5) is 23.2. The van der Waals surface area contributed by atoms with Gasteiger partial charge in [0.05, 0.1) is 5.02 Å². The van der Waals surface area contributed by atoms with E-state index in [1.807, 2.05) is 20.8 Å². The fourth-order valence-corrected chi connectivity index (χ4v) is 1.73. The summed E-state index contributed by atoms with van der Waals surface area (Å²) in [5.41, 5.74) is 0. The van der Waals surface area contributed by atoms with Crippen LogP contribution in [-0.2, 0) is 14.3 Å². The van der Waals surface area contributed by atoms with Crippen LogP contribution in [0, 0.1) is 11.7 Å². The van der Waals surface area contributed by atoms with Gasteiger partial charge in [0.2, 0.25) is 0 Å². The number of para-hydroxylation sites is 1. The van der Waals surface area contributed by atoms with Gasteiger partial charge in [-0.05, 0) is 31.4 Å². The summed E-state index contributed by atoms with van der Waals surface area (Å²) in [6, 6.07) is 4.00. The van der Waals surface area contributed by atoms with Crippen molar-refractivity contribution in [2.45, 2.75) is 46.1 Å². The Kier molecular flexibility index (Phi) is 7.32. The molecule has 122 valence electrons. The smallest absolute Gasteiger partial charge is 0.311 e. The van der Waals surface area contributed by atoms with Gasteiger partial charge in [-0.2, -0.15) is 0 Å². The van der Waals surface area contributed by atoms with Crippen LogP contribution in [-0.4, -0.2) is 18.0 Å². The Morgan fingerprint density at radius 3 is 2.41 bits per heavy atom. The highest BCUT2D eigenvalue weighted by atomic mass is 35.5. The topological polar surface area (TPSA) is 52.6 Å². The maximum Gasteiger partial charge on any atom is 0.311 e. The average molecular weight is 331 g/mol. The van der Waals surface area contributed by atoms with Gasteiger partial charge in [0, 0.05) is 12.8 Å². The van der Waals surface area contributed by atoms with Crippen molar-refractivity contribution in [2.75, 3.05) is 0 Å². The molecule has 0 amide bonds. The molecule has 1 rings (SSSR count). The van der Waals surface area contributed by atoms with Crippen molar-refractivity contribution in [1.29, 1.82) is 0 Å². The van der Waals surface area contributed by atoms with Crippen LogP contribution < -0.4 is 4.74 Å². The Balaban J connectivity index is 2.36. The lowest BCUT2D eigenvalue weighted by Crippen LogP contribution is -2.20. The molecule has 0 saturated heterocycles. The fourth-order valence-electron chi connectivity index (χ4n) is 1.52. The minimum Gasteiger partial charge on any atom is -0.462 e. The van der Waals surface area contributed by atoms with E-state index in [9.17, 15) is 14.0 Å². The fraction of sp³-hybridized carbons (Fsp3) is 0.500. The second-order valence-corrected chi connectivity index (χ2v) is 5.72. The van der Waals surface area contributed by atoms with Crippen LogP contribution in [0.2, 0.25) is 5.02 Å². The largest absolute Gasteiger partial charge is 0.462 e. The molecule has 0 N–H and O–H groups in total. The Labute approximate surface area is 134 Å². The highest BCUT2D eigenvalue weighted by Gasteiger charge is 2.15. The molecule has 1 atom stereocenters. The van der Waals surface area contributed by atoms with Gasteiger partial charge >= 0.3 is 11.9 Å². The molecule has 1 unspecified atom stereocenters. The first kappa shape index (κ1) is 18.4. The van der Waals surface area contributed by atoms with Crippen LogP contribution in [0.1, 0.15) is 40.0 Å². The summed E-state index contributed by atoms with van der Waals surface area (Å²) in [6.07, 6.45) is 0.193. The van der Waals surface area contributed by atoms with Gasteiger partial charge in [-0.15, -0.1) is 0 Å². The summed E-state index contributed by atoms with van der Waals surface area (Å²) in [5, 5.41) is 0.0264. The maximum absolute atomic E-state index is 13.4. The summed E-state index contributed by atoms with van der Waals surface area (Å²) in [6.45, 7) is 5.72. The molecule has 0 aliphatic rings. The molecule has 0 bridgehead atoms. The Bertz CT molecular complexity index is 511. The van der Waals surface area contributed by atoms with E-state index < -0.39 is 11.8 Å². The molecule has 6 heteroatoms. The molecular formula is C16H20ClFO4. The molecule has 0 aromatic heterocycles. The van der Waals surface area contributed by atoms with E-state index in [0.29, 0.717) is 0 Å². The van der Waals surface area contributed by atoms with E-state index in [-0.39, 0.29) is 48.0 Å². The van der Waals surface area contributed by atoms with Gasteiger partial charge in [-0.3, -0.25) is 9.59 Å². The van der Waals surface area contributed by atoms with E-state index in [4.69, 9.17) is 21.1 Å². The SMILES string of the molecule is CC(C)C(C)OC(=O)CCCC(=O)Oc1c(F)cccc1Cl. The highest BCUT2D eigenvalue weighted by molar-refractivity contribution is 6.32. The third-order valence-electron chi connectivity index (χ3n) is 3.15. The lowest BCUT2D eigenvalue weighted by Gasteiger charge is -2.16. The number of esters is 2. The molecule has 22 heavy (non-hydrogen) atoms. The summed E-state index contributed by atoms with van der Waals surface area (Å²) < 4.78 is 23.5. The predicted octanol–water partition coefficient (Wildman–Crippen LogP) is 4.14. The Hall–Kier alpha value is -1.62. The van der Waals surface area contributed by atoms with Crippen molar-refractivity contribution < 1.29 is 23.5 Å². The van der Waals surface area contributed by atoms with Gasteiger partial charge in [-0.1, -0.05) is 31.5 Å². The molecule has 0 radical (unpaired) electrons. The van der Waals surface area contributed by atoms with Gasteiger partial charge in [0.15, 0.2) is 11.6 Å². The van der Waals surface area contributed by atoms with Crippen molar-refractivity contribution in [1.82, 2.24) is 0 Å². The molecule has 0 aliphatic heterocycles. The van der Waals surface area contributed by atoms with Gasteiger partial charge in [-0.25, -0.2) is 4.39 Å². The molecule has 4 nitrogen and oxygen atoms in total. The zero-order valence-electron chi connectivity index (χ0n) is 12.9. The molecule has 1 aromatic carbocycles. The van der Waals surface area contributed by atoms with E-state index in [1.165, 1.54) is 12.1 Å². The molecular weight excluding hydrogens is 311 g/mol. The molecule has 0 heterocycles. The Morgan fingerprint density at radius 1 is 1.18 bits per heavy atom. The van der Waals surface area contributed by atoms with Crippen molar-refractivity contribution in [2.24, 2.45) is 5.92 Å². The zero-order chi connectivity index (χ0) is 16.7. The first-order valence-electron chi connectivity index (χ1n) is 7.15. The van der Waals surface area contributed by atoms with Crippen molar-refractivity contribution in [3.05, 3.63) is 29.0 Å². The first-order chi connectivity index (χ1) is 10.3. The normalized spacial score (nSPS) is 12.1. The van der Waals surface area contributed by atoms with E-state index in [1.54, 1.807) is 0 Å². The number of carbonyl (C=O) groups excluding carboxylic acids is 2. The number of hydrogen-bond donors (Lipinski definition) is 0. The minimum atomic E-state index is -0.703. The number of rotatable bonds is 7. The molecule has 0 fully saturated rings. The van der Waals surface area contributed by atoms with Crippen LogP contribution in [0.3, 0.4) is 0 Å². The number of benzene rings is 1. The second kappa shape index (κ2) is 8.73. The Morgan fingerprint density at radius 2 is 1.82 bits per heavy atom. The average Bonchev–Trinajstić information content (AvgIpc) is 2.42. The maximum atomic E-state index is 13.4. The number of halogens is 2. The van der Waals surface area contributed by atoms with E-state index in [0.717, 1.165) is 6.07 Å². The third-order valence-corrected chi connectivity index (χ3v) is 3.45. The van der Waals surface area contributed by atoms with Crippen molar-refractivity contribution >= 4 is 23.5 Å². The third kappa shape index (κ3) is 6.02. The second-order valence-electron chi connectivity index (χ2n) is 5.32. The van der Waals surface area contributed by atoms with Crippen LogP contribution in [0.4, 0.5) is 4.39 Å².